The number of aryl methyl sites for hydroxylation is 1. The molecule has 0 fully saturated rings. The van der Waals surface area contributed by atoms with Gasteiger partial charge in [-0.15, -0.1) is 0 Å². The zero-order valence-corrected chi connectivity index (χ0v) is 18.3. The van der Waals surface area contributed by atoms with Crippen LogP contribution in [0.3, 0.4) is 0 Å². The van der Waals surface area contributed by atoms with E-state index in [0.29, 0.717) is 6.42 Å². The Kier molecular flexibility index (Phi) is 5.99. The highest BCUT2D eigenvalue weighted by atomic mass is 16.5. The minimum atomic E-state index is -0.380. The van der Waals surface area contributed by atoms with E-state index in [0.717, 1.165) is 46.6 Å². The number of amides is 1. The van der Waals surface area contributed by atoms with Crippen molar-refractivity contribution < 1.29 is 14.6 Å². The molecule has 0 bridgehead atoms. The maximum Gasteiger partial charge on any atom is 0.240 e. The van der Waals surface area contributed by atoms with Crippen LogP contribution in [0.2, 0.25) is 0 Å². The summed E-state index contributed by atoms with van der Waals surface area (Å²) in [5, 5.41) is 16.4. The summed E-state index contributed by atoms with van der Waals surface area (Å²) in [4.78, 5) is 12.2. The van der Waals surface area contributed by atoms with Gasteiger partial charge in [-0.3, -0.25) is 4.79 Å². The maximum absolute atomic E-state index is 12.2. The van der Waals surface area contributed by atoms with Gasteiger partial charge in [-0.05, 0) is 66.5 Å². The van der Waals surface area contributed by atoms with Gasteiger partial charge in [0.1, 0.15) is 5.75 Å². The quantitative estimate of drug-likeness (QED) is 0.802. The molecule has 2 unspecified atom stereocenters. The van der Waals surface area contributed by atoms with Crippen molar-refractivity contribution in [1.82, 2.24) is 5.01 Å². The lowest BCUT2D eigenvalue weighted by atomic mass is 9.71. The van der Waals surface area contributed by atoms with Crippen molar-refractivity contribution >= 4 is 11.6 Å². The fourth-order valence-corrected chi connectivity index (χ4v) is 4.33. The molecule has 1 aliphatic carbocycles. The Hall–Kier alpha value is -2.40. The molecule has 1 N–H and O–H groups in total. The molecule has 156 valence electrons. The number of hydrazone groups is 1. The number of carbonyl (C=O) groups is 1. The van der Waals surface area contributed by atoms with Crippen LogP contribution in [0.25, 0.3) is 0 Å². The Morgan fingerprint density at radius 1 is 1.31 bits per heavy atom. The standard InChI is InChI=1S/C24H32N2O3/c1-15-7-8-18(13-23(15)29-6)21-14-19(25-26(21)17(3)27)9-10-20-16(2)22(28)11-12-24(20,4)5/h7-10,13,21-22,28H,11-12,14H2,1-6H3/b10-9+. The topological polar surface area (TPSA) is 62.1 Å². The first kappa shape index (κ1) is 21.3. The lowest BCUT2D eigenvalue weighted by Crippen LogP contribution is -2.27. The summed E-state index contributed by atoms with van der Waals surface area (Å²) in [5.41, 5.74) is 5.14. The van der Waals surface area contributed by atoms with Crippen LogP contribution in [-0.2, 0) is 4.79 Å². The highest BCUT2D eigenvalue weighted by Crippen LogP contribution is 2.41. The van der Waals surface area contributed by atoms with Gasteiger partial charge in [-0.2, -0.15) is 5.10 Å². The van der Waals surface area contributed by atoms with E-state index in [-0.39, 0.29) is 23.5 Å². The molecule has 1 aromatic carbocycles. The molecular formula is C24H32N2O3. The second-order valence-electron chi connectivity index (χ2n) is 8.77. The van der Waals surface area contributed by atoms with E-state index >= 15 is 0 Å². The van der Waals surface area contributed by atoms with Crippen molar-refractivity contribution in [2.24, 2.45) is 10.5 Å². The van der Waals surface area contributed by atoms with Crippen LogP contribution in [0.5, 0.6) is 5.75 Å². The monoisotopic (exact) mass is 396 g/mol. The van der Waals surface area contributed by atoms with Crippen molar-refractivity contribution in [3.8, 4) is 5.75 Å². The van der Waals surface area contributed by atoms with Crippen LogP contribution in [0.1, 0.15) is 64.1 Å². The van der Waals surface area contributed by atoms with Gasteiger partial charge in [0.25, 0.3) is 0 Å². The van der Waals surface area contributed by atoms with E-state index < -0.39 is 0 Å². The lowest BCUT2D eigenvalue weighted by Gasteiger charge is -2.35. The van der Waals surface area contributed by atoms with Gasteiger partial charge in [0.2, 0.25) is 5.91 Å². The molecule has 1 aromatic rings. The number of rotatable bonds is 4. The normalized spacial score (nSPS) is 24.2. The third kappa shape index (κ3) is 4.30. The second kappa shape index (κ2) is 8.15. The van der Waals surface area contributed by atoms with Crippen molar-refractivity contribution in [2.75, 3.05) is 7.11 Å². The van der Waals surface area contributed by atoms with Crippen LogP contribution >= 0.6 is 0 Å². The zero-order valence-electron chi connectivity index (χ0n) is 18.3. The summed E-state index contributed by atoms with van der Waals surface area (Å²) in [6.45, 7) is 9.97. The highest BCUT2D eigenvalue weighted by molar-refractivity contribution is 5.98. The first-order valence-corrected chi connectivity index (χ1v) is 10.2. The van der Waals surface area contributed by atoms with Crippen molar-refractivity contribution in [1.29, 1.82) is 0 Å². The van der Waals surface area contributed by atoms with Gasteiger partial charge in [0.15, 0.2) is 0 Å². The third-order valence-corrected chi connectivity index (χ3v) is 6.21. The molecule has 29 heavy (non-hydrogen) atoms. The molecule has 3 rings (SSSR count). The largest absolute Gasteiger partial charge is 0.496 e. The number of ether oxygens (including phenoxy) is 1. The lowest BCUT2D eigenvalue weighted by molar-refractivity contribution is -0.130. The van der Waals surface area contributed by atoms with Crippen molar-refractivity contribution in [3.63, 3.8) is 0 Å². The molecule has 0 aromatic heterocycles. The summed E-state index contributed by atoms with van der Waals surface area (Å²) >= 11 is 0. The smallest absolute Gasteiger partial charge is 0.240 e. The molecule has 1 aliphatic heterocycles. The summed E-state index contributed by atoms with van der Waals surface area (Å²) in [7, 11) is 1.66. The third-order valence-electron chi connectivity index (χ3n) is 6.21. The summed E-state index contributed by atoms with van der Waals surface area (Å²) in [6.07, 6.45) is 6.09. The Labute approximate surface area is 173 Å². The molecule has 2 atom stereocenters. The van der Waals surface area contributed by atoms with Crippen LogP contribution in [-0.4, -0.2) is 34.9 Å². The average molecular weight is 397 g/mol. The van der Waals surface area contributed by atoms with Gasteiger partial charge in [-0.25, -0.2) is 5.01 Å². The number of allylic oxidation sites excluding steroid dienone is 3. The van der Waals surface area contributed by atoms with Crippen LogP contribution in [0.15, 0.2) is 46.6 Å². The average Bonchev–Trinajstić information content (AvgIpc) is 3.10. The summed E-state index contributed by atoms with van der Waals surface area (Å²) < 4.78 is 5.45. The summed E-state index contributed by atoms with van der Waals surface area (Å²) in [5.74, 6) is 0.732. The number of benzene rings is 1. The van der Waals surface area contributed by atoms with Gasteiger partial charge in [0, 0.05) is 13.3 Å². The van der Waals surface area contributed by atoms with Crippen molar-refractivity contribution in [3.05, 3.63) is 52.6 Å². The van der Waals surface area contributed by atoms with Gasteiger partial charge >= 0.3 is 0 Å². The molecule has 0 saturated heterocycles. The SMILES string of the molecule is COc1cc(C2CC(/C=C/C3=C(C)C(O)CCC3(C)C)=NN2C(C)=O)ccc1C. The Morgan fingerprint density at radius 3 is 2.69 bits per heavy atom. The maximum atomic E-state index is 12.2. The van der Waals surface area contributed by atoms with Gasteiger partial charge in [0.05, 0.1) is 25.0 Å². The molecule has 0 spiro atoms. The minimum absolute atomic E-state index is 0.0168. The van der Waals surface area contributed by atoms with E-state index in [1.54, 1.807) is 19.0 Å². The van der Waals surface area contributed by atoms with Gasteiger partial charge < -0.3 is 9.84 Å². The predicted octanol–water partition coefficient (Wildman–Crippen LogP) is 4.71. The van der Waals surface area contributed by atoms with E-state index in [2.05, 4.69) is 25.0 Å². The second-order valence-corrected chi connectivity index (χ2v) is 8.77. The molecule has 1 heterocycles. The number of carbonyl (C=O) groups excluding carboxylic acids is 1. The number of hydrogen-bond donors (Lipinski definition) is 1. The van der Waals surface area contributed by atoms with Crippen LogP contribution < -0.4 is 4.74 Å². The Morgan fingerprint density at radius 2 is 2.03 bits per heavy atom. The molecule has 5 heteroatoms. The number of aliphatic hydroxyl groups is 1. The van der Waals surface area contributed by atoms with E-state index in [1.165, 1.54) is 0 Å². The molecular weight excluding hydrogens is 364 g/mol. The number of aliphatic hydroxyl groups excluding tert-OH is 1. The molecule has 1 amide bonds. The van der Waals surface area contributed by atoms with Gasteiger partial charge in [-0.1, -0.05) is 32.1 Å². The Balaban J connectivity index is 1.88. The minimum Gasteiger partial charge on any atom is -0.496 e. The Bertz CT molecular complexity index is 895. The highest BCUT2D eigenvalue weighted by Gasteiger charge is 2.33. The fraction of sp³-hybridized carbons (Fsp3) is 0.500. The van der Waals surface area contributed by atoms with Crippen LogP contribution in [0.4, 0.5) is 0 Å². The number of nitrogens with zero attached hydrogens (tertiary/aromatic N) is 2. The van der Waals surface area contributed by atoms with Crippen LogP contribution in [0, 0.1) is 12.3 Å². The first-order valence-electron chi connectivity index (χ1n) is 10.2. The first-order chi connectivity index (χ1) is 13.6. The number of methoxy groups -OCH3 is 1. The zero-order chi connectivity index (χ0) is 21.3. The van der Waals surface area contributed by atoms with Crippen molar-refractivity contribution in [2.45, 2.75) is 66.0 Å². The molecule has 5 nitrogen and oxygen atoms in total. The predicted molar refractivity (Wildman–Crippen MR) is 116 cm³/mol. The summed E-state index contributed by atoms with van der Waals surface area (Å²) in [6, 6.07) is 5.90. The fourth-order valence-electron chi connectivity index (χ4n) is 4.33. The van der Waals surface area contributed by atoms with E-state index in [1.807, 2.05) is 38.1 Å². The molecule has 0 saturated carbocycles. The molecule has 0 radical (unpaired) electrons. The van der Waals surface area contributed by atoms with E-state index in [9.17, 15) is 9.90 Å². The molecule has 2 aliphatic rings. The number of hydrogen-bond acceptors (Lipinski definition) is 4. The van der Waals surface area contributed by atoms with E-state index in [4.69, 9.17) is 4.74 Å².